The van der Waals surface area contributed by atoms with Crippen LogP contribution in [0.25, 0.3) is 166 Å². The molecule has 13 aromatic carbocycles. The van der Waals surface area contributed by atoms with Gasteiger partial charge < -0.3 is 18.3 Å². The zero-order valence-corrected chi connectivity index (χ0v) is 55.4. The van der Waals surface area contributed by atoms with Gasteiger partial charge in [0.15, 0.2) is 17.5 Å². The van der Waals surface area contributed by atoms with Crippen molar-refractivity contribution in [3.8, 4) is 134 Å². The van der Waals surface area contributed by atoms with E-state index in [1.54, 1.807) is 60.7 Å². The third-order valence-corrected chi connectivity index (χ3v) is 19.9. The number of benzene rings is 13. The van der Waals surface area contributed by atoms with E-state index in [-0.39, 0.29) is 11.4 Å². The smallest absolute Gasteiger partial charge is 0.166 e. The van der Waals surface area contributed by atoms with E-state index in [1.807, 2.05) is 199 Å². The molecule has 0 bridgehead atoms. The summed E-state index contributed by atoms with van der Waals surface area (Å²) in [4.78, 5) is 16.5. The molecule has 0 aliphatic heterocycles. The maximum atomic E-state index is 13.1. The minimum absolute atomic E-state index is 0.134. The molecule has 18 aromatic rings. The molecule has 0 atom stereocenters. The Morgan fingerprint density at radius 3 is 0.736 bits per heavy atom. The normalized spacial score (nSPS) is 11.1. The molecule has 0 aliphatic carbocycles. The van der Waals surface area contributed by atoms with Crippen LogP contribution in [0, 0.1) is 102 Å². The number of nitrogens with zero attached hydrogens (tertiary/aromatic N) is 16. The highest BCUT2D eigenvalue weighted by molar-refractivity contribution is 6.17. The van der Waals surface area contributed by atoms with Crippen molar-refractivity contribution in [3.63, 3.8) is 0 Å². The van der Waals surface area contributed by atoms with Gasteiger partial charge in [0.25, 0.3) is 0 Å². The van der Waals surface area contributed by atoms with Crippen molar-refractivity contribution in [1.82, 2.24) is 33.2 Å². The minimum Gasteiger partial charge on any atom is -0.309 e. The van der Waals surface area contributed by atoms with E-state index in [0.717, 1.165) is 49.3 Å². The highest BCUT2D eigenvalue weighted by Gasteiger charge is 2.35. The van der Waals surface area contributed by atoms with Crippen LogP contribution in [0.15, 0.2) is 255 Å². The topological polar surface area (TPSA) is 272 Å². The van der Waals surface area contributed by atoms with Crippen molar-refractivity contribution in [3.05, 3.63) is 305 Å². The van der Waals surface area contributed by atoms with E-state index in [0.29, 0.717) is 156 Å². The van der Waals surface area contributed by atoms with Crippen LogP contribution in [-0.2, 0) is 0 Å². The molecule has 482 valence electrons. The van der Waals surface area contributed by atoms with Gasteiger partial charge in [0.2, 0.25) is 0 Å². The number of fused-ring (bicyclic) bond motifs is 12. The fraction of sp³-hybridized carbons (Fsp3) is 0. The van der Waals surface area contributed by atoms with E-state index in [9.17, 15) is 47.4 Å². The first kappa shape index (κ1) is 61.8. The van der Waals surface area contributed by atoms with Gasteiger partial charge in [-0.3, -0.25) is 0 Å². The first-order valence-electron chi connectivity index (χ1n) is 33.4. The Morgan fingerprint density at radius 2 is 0.462 bits per heavy atom. The number of aromatic nitrogens is 7. The molecule has 18 rings (SSSR count). The first-order chi connectivity index (χ1) is 52.1. The highest BCUT2D eigenvalue weighted by atomic mass is 15.1. The van der Waals surface area contributed by atoms with Crippen LogP contribution >= 0.6 is 0 Å². The fourth-order valence-electron chi connectivity index (χ4n) is 15.2. The van der Waals surface area contributed by atoms with Crippen LogP contribution in [0.4, 0.5) is 0 Å². The van der Waals surface area contributed by atoms with Crippen LogP contribution in [0.2, 0.25) is 0 Å². The summed E-state index contributed by atoms with van der Waals surface area (Å²) < 4.78 is 8.27. The summed E-state index contributed by atoms with van der Waals surface area (Å²) in [6.07, 6.45) is 0. The van der Waals surface area contributed by atoms with Crippen molar-refractivity contribution in [1.29, 1.82) is 47.4 Å². The van der Waals surface area contributed by atoms with Crippen LogP contribution in [-0.4, -0.2) is 33.2 Å². The monoisotopic (exact) mass is 1350 g/mol. The van der Waals surface area contributed by atoms with Crippen molar-refractivity contribution >= 4 is 87.2 Å². The van der Waals surface area contributed by atoms with Crippen molar-refractivity contribution in [2.45, 2.75) is 0 Å². The molecule has 16 heteroatoms. The Hall–Kier alpha value is -16.5. The van der Waals surface area contributed by atoms with Crippen LogP contribution in [0.3, 0.4) is 0 Å². The SMILES string of the molecule is N#Cc1ccc2c(c1)c1cc(C#N)ccc1n2-c1ccc(-c2c(C#N)c(-n3c4ccc(C#N)cc4c4cc(C#N)ccc43)c(-c3nc(-c4ccccc4)nc(-c4ccccc4)n3)c(-c3ccc(-n4c5ccc(C#N)cc5c5cc(C#N)ccc54)cc3)c2-n2c3ccc(C#N)cc3c3cc(C#N)ccc32)cc1. The number of hydrogen-bond donors (Lipinski definition) is 0. The van der Waals surface area contributed by atoms with Gasteiger partial charge in [0, 0.05) is 76.7 Å². The minimum atomic E-state index is 0.134. The van der Waals surface area contributed by atoms with Gasteiger partial charge in [-0.05, 0) is 181 Å². The van der Waals surface area contributed by atoms with Crippen LogP contribution < -0.4 is 0 Å². The van der Waals surface area contributed by atoms with Crippen LogP contribution in [0.1, 0.15) is 50.1 Å². The molecule has 0 spiro atoms. The lowest BCUT2D eigenvalue weighted by atomic mass is 9.85. The summed E-state index contributed by atoms with van der Waals surface area (Å²) in [6.45, 7) is 0. The summed E-state index contributed by atoms with van der Waals surface area (Å²) in [5, 5.41) is 102. The highest BCUT2D eigenvalue weighted by Crippen LogP contribution is 2.53. The molecule has 0 unspecified atom stereocenters. The number of nitriles is 9. The molecule has 0 amide bonds. The average molecular weight is 1350 g/mol. The maximum Gasteiger partial charge on any atom is 0.166 e. The molecule has 0 aliphatic rings. The third kappa shape index (κ3) is 9.57. The second-order valence-corrected chi connectivity index (χ2v) is 25.5. The van der Waals surface area contributed by atoms with Gasteiger partial charge in [-0.1, -0.05) is 84.9 Å². The lowest BCUT2D eigenvalue weighted by Gasteiger charge is -2.27. The standard InChI is InChI=1S/C90H42N16/c91-43-52-11-27-75-66(35-52)67-36-53(44-92)12-28-76(67)103(75)64-23-19-60(20-24-64)83-74(51-99)86(105-79-31-15-56(47-95)39-70(79)71-40-57(48-96)16-32-80(71)105)85(90-101-88(62-7-3-1-4-8-62)100-89(102-90)63-9-5-2-6-10-63)84(87(83)106-81-33-17-58(49-97)41-72(81)73-42-59(50-98)18-34-82(73)106)61-21-25-65(26-22-61)104-77-29-13-54(45-93)37-68(77)69-38-55(46-94)14-30-78(69)104/h1-42H. The Morgan fingerprint density at radius 1 is 0.208 bits per heavy atom. The van der Waals surface area contributed by atoms with Crippen molar-refractivity contribution in [2.24, 2.45) is 0 Å². The third-order valence-electron chi connectivity index (χ3n) is 19.9. The van der Waals surface area contributed by atoms with Crippen LogP contribution in [0.5, 0.6) is 0 Å². The number of rotatable bonds is 9. The predicted octanol–water partition coefficient (Wildman–Crippen LogP) is 19.4. The molecule has 106 heavy (non-hydrogen) atoms. The molecular formula is C90H42N16. The molecule has 0 fully saturated rings. The zero-order chi connectivity index (χ0) is 72.0. The van der Waals surface area contributed by atoms with E-state index in [4.69, 9.17) is 15.0 Å². The van der Waals surface area contributed by atoms with Crippen molar-refractivity contribution in [2.75, 3.05) is 0 Å². The summed E-state index contributed by atoms with van der Waals surface area (Å²) in [7, 11) is 0. The Kier molecular flexibility index (Phi) is 14.2. The first-order valence-corrected chi connectivity index (χ1v) is 33.4. The van der Waals surface area contributed by atoms with E-state index >= 15 is 0 Å². The summed E-state index contributed by atoms with van der Waals surface area (Å²) in [5.74, 6) is 0.765. The number of hydrogen-bond acceptors (Lipinski definition) is 12. The zero-order valence-electron chi connectivity index (χ0n) is 55.4. The predicted molar refractivity (Wildman–Crippen MR) is 407 cm³/mol. The summed E-state index contributed by atoms with van der Waals surface area (Å²) in [6, 6.07) is 100. The lowest BCUT2D eigenvalue weighted by Crippen LogP contribution is -2.12. The Balaban J connectivity index is 1.07. The van der Waals surface area contributed by atoms with E-state index in [2.05, 4.69) is 68.3 Å². The Labute approximate surface area is 603 Å². The summed E-state index contributed by atoms with van der Waals surface area (Å²) >= 11 is 0. The average Bonchev–Trinajstić information content (AvgIpc) is 1.38. The molecule has 5 aromatic heterocycles. The second-order valence-electron chi connectivity index (χ2n) is 25.5. The van der Waals surface area contributed by atoms with Gasteiger partial charge >= 0.3 is 0 Å². The molecule has 0 saturated heterocycles. The molecular weight excluding hydrogens is 1310 g/mol. The van der Waals surface area contributed by atoms with E-state index in [1.165, 1.54) is 0 Å². The molecule has 0 saturated carbocycles. The van der Waals surface area contributed by atoms with Gasteiger partial charge in [0.1, 0.15) is 6.07 Å². The van der Waals surface area contributed by atoms with Crippen molar-refractivity contribution < 1.29 is 0 Å². The summed E-state index contributed by atoms with van der Waals surface area (Å²) in [5.41, 5.74) is 14.8. The molecule has 0 N–H and O–H groups in total. The lowest BCUT2D eigenvalue weighted by molar-refractivity contribution is 1.06. The fourth-order valence-corrected chi connectivity index (χ4v) is 15.2. The maximum absolute atomic E-state index is 13.1. The molecule has 5 heterocycles. The van der Waals surface area contributed by atoms with Gasteiger partial charge in [-0.2, -0.15) is 47.4 Å². The Bertz CT molecular complexity index is 7010. The van der Waals surface area contributed by atoms with Gasteiger partial charge in [-0.25, -0.2) is 15.0 Å². The molecule has 16 nitrogen and oxygen atoms in total. The van der Waals surface area contributed by atoms with E-state index < -0.39 is 0 Å². The van der Waals surface area contributed by atoms with Gasteiger partial charge in [0.05, 0.1) is 160 Å². The largest absolute Gasteiger partial charge is 0.309 e. The van der Waals surface area contributed by atoms with Gasteiger partial charge in [-0.15, -0.1) is 0 Å². The molecule has 0 radical (unpaired) electrons. The second kappa shape index (κ2) is 24.4. The quantitative estimate of drug-likeness (QED) is 0.130.